The first kappa shape index (κ1) is 174. The maximum atomic E-state index is 11.8. The summed E-state index contributed by atoms with van der Waals surface area (Å²) in [6, 6.07) is 0. The van der Waals surface area contributed by atoms with Crippen molar-refractivity contribution in [1.82, 2.24) is 0 Å². The van der Waals surface area contributed by atoms with Crippen LogP contribution in [0.4, 0.5) is 0 Å². The van der Waals surface area contributed by atoms with Gasteiger partial charge in [-0.05, 0) is 84.5 Å². The van der Waals surface area contributed by atoms with Crippen LogP contribution in [0.2, 0.25) is 0 Å². The van der Waals surface area contributed by atoms with Gasteiger partial charge in [0, 0.05) is 21.5 Å². The van der Waals surface area contributed by atoms with E-state index in [-0.39, 0.29) is 316 Å². The maximum absolute atomic E-state index is 11.8. The van der Waals surface area contributed by atoms with Crippen LogP contribution in [0.3, 0.4) is 0 Å². The van der Waals surface area contributed by atoms with E-state index in [2.05, 4.69) is 35.3 Å². The van der Waals surface area contributed by atoms with Gasteiger partial charge in [-0.3, -0.25) is 57.5 Å². The van der Waals surface area contributed by atoms with Crippen LogP contribution in [-0.4, -0.2) is 291 Å². The zero-order valence-electron chi connectivity index (χ0n) is 84.9. The Bertz CT molecular complexity index is 5660. The van der Waals surface area contributed by atoms with Gasteiger partial charge in [-0.2, -0.15) is 0 Å². The van der Waals surface area contributed by atoms with Crippen molar-refractivity contribution in [2.24, 2.45) is 29.6 Å². The Labute approximate surface area is 1010 Å². The molecule has 15 atom stereocenters. The SMILES string of the molecule is CC(C(CC1CC(=O)OC1=O)S(=O)(=O)[O-])S(=O)(=O)[O-].CC(CCCC(CCC1CC(=O)OC1=O)S(=O)(=O)[O-])S(=O)(=O)[O-].CCCCCCCCCCCCCCCCCCCCC(C(C1CC(=O)OC1=O)S(=O)(=O)[O-])S(=O)(=O)[O-].O=C1CC(CC(CS(=O)(=O)[O-])S(=O)(=O)[O-])C(=O)O1.O=C1CC(CCC(CCCCCS(=O)(=O)[O-])S(=O)(=O)[O-])C(=O)O1.O=C1CC(S(=O)(=O)[O-])C(S(=O)(=O)[O-])C(=O)O1.[Li+].[Li+].[Li+].[Li+].[Li+].[Li+].[Li+].[Li+].[Li+].[Li+].[Li+].[Li+]. The number of carbonyl (C=O) groups is 12. The van der Waals surface area contributed by atoms with E-state index in [1.54, 1.807) is 0 Å². The van der Waals surface area contributed by atoms with Crippen molar-refractivity contribution >= 4 is 193 Å². The quantitative estimate of drug-likeness (QED) is 0.0136. The van der Waals surface area contributed by atoms with Crippen LogP contribution in [0, 0.1) is 29.6 Å². The van der Waals surface area contributed by atoms with Crippen molar-refractivity contribution in [2.75, 3.05) is 11.5 Å². The molecule has 6 rings (SSSR count). The topological polar surface area (TPSA) is 947 Å². The predicted octanol–water partition coefficient (Wildman–Crippen LogP) is -37.3. The van der Waals surface area contributed by atoms with Gasteiger partial charge in [-0.1, -0.05) is 142 Å². The largest absolute Gasteiger partial charge is 1.00 e. The van der Waals surface area contributed by atoms with Gasteiger partial charge in [0.15, 0.2) is 5.25 Å². The maximum Gasteiger partial charge on any atom is 1.00 e. The van der Waals surface area contributed by atoms with E-state index in [1.807, 2.05) is 0 Å². The second kappa shape index (κ2) is 79.9. The number of esters is 12. The van der Waals surface area contributed by atoms with Gasteiger partial charge in [0.1, 0.15) is 10.1 Å². The molecule has 6 aliphatic rings. The molecule has 6 heterocycles. The predicted molar refractivity (Wildman–Crippen MR) is 440 cm³/mol. The molecule has 0 aromatic carbocycles. The zero-order valence-corrected chi connectivity index (χ0v) is 94.7. The number of hydrogen-bond donors (Lipinski definition) is 0. The molecule has 6 fully saturated rings. The Hall–Kier alpha value is 0.929. The van der Waals surface area contributed by atoms with Crippen LogP contribution in [0.5, 0.6) is 0 Å². The average Bonchev–Trinajstić information content (AvgIpc) is 1.41. The summed E-state index contributed by atoms with van der Waals surface area (Å²) >= 11 is 0. The van der Waals surface area contributed by atoms with Crippen molar-refractivity contribution in [3.05, 3.63) is 0 Å². The first-order valence-corrected chi connectivity index (χ1v) is 59.5. The van der Waals surface area contributed by atoms with E-state index in [0.717, 1.165) is 32.6 Å². The van der Waals surface area contributed by atoms with Gasteiger partial charge < -0.3 is 83.1 Å². The molecule has 0 radical (unpaired) electrons. The normalized spacial score (nSPS) is 20.0. The van der Waals surface area contributed by atoms with Gasteiger partial charge in [-0.25, -0.2) is 101 Å². The number of ether oxygens (including phenoxy) is 6. The Balaban J connectivity index is -0.000000151. The summed E-state index contributed by atoms with van der Waals surface area (Å²) in [6.07, 6.45) is 16.1. The number of cyclic esters (lactones) is 12. The van der Waals surface area contributed by atoms with E-state index in [9.17, 15) is 213 Å². The minimum atomic E-state index is -5.39. The van der Waals surface area contributed by atoms with Crippen LogP contribution in [-0.2, 0) is 207 Å². The van der Waals surface area contributed by atoms with Crippen LogP contribution in [0.15, 0.2) is 0 Å². The van der Waals surface area contributed by atoms with Gasteiger partial charge >= 0.3 is 298 Å². The standard InChI is InChI=1S/C26H48O9S2.2C12H20O9S2.C8H12O9S2.C7H10O9S2.C5H6O9S2.12Li/c1-2-3-4-5-6-7-8-9-10-11-12-13-14-15-16-17-18-19-20-23(36(29,30)31)25(37(32,33)34)22-21-24(27)35-26(22)28;1-8(22(15,16)17)3-2-4-10(23(18,19)20)6-5-9-7-11(13)21-12(9)14;13-11-8-9(12(14)21-11)5-6-10(23(18,19)20)4-2-1-3-7-22(15,16)17;1-4(18(11,12)13)6(19(14,15)16)2-5-3-7(9)17-8(5)10;8-6-2-4(7(9)16-6)1-5(18(13,14)15)3-17(10,11)12;6-3-1-2(15(8,9)10)4(5(7)14-3)16(11,12)13;;;;;;;;;;;;/h22-23,25H,2-21H2,1H3,(H,29,30,31)(H,32,33,34);8-10H,2-7H2,1H3,(H,15,16,17)(H,18,19,20);9-10H,1-8H2,(H,15,16,17)(H,18,19,20);4-6H,2-3H2,1H3,(H,11,12,13)(H,14,15,16);4-5H,1-3H2,(H,10,11,12)(H,13,14,15);2,4H,1H2,(H,8,9,10)(H,11,12,13);;;;;;;;;;;;/q;;;;;;12*+1/p-12. The Kier molecular flexibility index (Phi) is 93.8. The summed E-state index contributed by atoms with van der Waals surface area (Å²) in [5.74, 6) is -19.8. The number of carbonyl (C=O) groups excluding carboxylic acids is 12. The first-order valence-electron chi connectivity index (χ1n) is 41.6. The summed E-state index contributed by atoms with van der Waals surface area (Å²) < 4.78 is 419. The van der Waals surface area contributed by atoms with Crippen LogP contribution >= 0.6 is 0 Å². The molecule has 792 valence electrons. The molecule has 78 heteroatoms. The van der Waals surface area contributed by atoms with Crippen molar-refractivity contribution in [1.29, 1.82) is 0 Å². The van der Waals surface area contributed by atoms with Crippen molar-refractivity contribution < 1.29 is 468 Å². The summed E-state index contributed by atoms with van der Waals surface area (Å²) in [6.45, 7) is 4.22. The molecule has 0 aliphatic carbocycles. The third-order valence-corrected chi connectivity index (χ3v) is 36.4. The third kappa shape index (κ3) is 73.1. The second-order valence-corrected chi connectivity index (χ2v) is 51.6. The Morgan fingerprint density at radius 3 is 0.838 bits per heavy atom. The molecular formula is C70H104Li12O54S12. The van der Waals surface area contributed by atoms with Crippen molar-refractivity contribution in [2.45, 2.75) is 317 Å². The van der Waals surface area contributed by atoms with E-state index in [0.29, 0.717) is 12.8 Å². The Morgan fingerprint density at radius 1 is 0.264 bits per heavy atom. The number of unbranched alkanes of at least 4 members (excludes halogenated alkanes) is 19. The van der Waals surface area contributed by atoms with Gasteiger partial charge in [0.2, 0.25) is 0 Å². The van der Waals surface area contributed by atoms with E-state index >= 15 is 0 Å². The van der Waals surface area contributed by atoms with Gasteiger partial charge in [-0.15, -0.1) is 0 Å². The molecule has 0 N–H and O–H groups in total. The first-order chi connectivity index (χ1) is 61.8. The average molecular weight is 2280 g/mol. The summed E-state index contributed by atoms with van der Waals surface area (Å²) in [7, 11) is -59.3. The molecular weight excluding hydrogens is 2170 g/mol. The minimum absolute atomic E-state index is 0. The van der Waals surface area contributed by atoms with Crippen LogP contribution in [0.1, 0.15) is 265 Å². The number of rotatable bonds is 54. The summed E-state index contributed by atoms with van der Waals surface area (Å²) in [4.78, 5) is 133. The van der Waals surface area contributed by atoms with E-state index < -0.39 is 325 Å². The molecule has 0 aromatic rings. The molecule has 0 bridgehead atoms. The molecule has 6 saturated heterocycles. The molecule has 148 heavy (non-hydrogen) atoms. The number of hydrogen-bond acceptors (Lipinski definition) is 54. The van der Waals surface area contributed by atoms with Gasteiger partial charge in [0.05, 0.1) is 217 Å². The van der Waals surface area contributed by atoms with Crippen molar-refractivity contribution in [3.8, 4) is 0 Å². The van der Waals surface area contributed by atoms with Crippen LogP contribution < -0.4 is 226 Å². The molecule has 0 aromatic heterocycles. The molecule has 15 unspecified atom stereocenters. The molecule has 54 nitrogen and oxygen atoms in total. The molecule has 0 spiro atoms. The minimum Gasteiger partial charge on any atom is -0.748 e. The van der Waals surface area contributed by atoms with E-state index in [1.165, 1.54) is 84.0 Å². The fourth-order valence-electron chi connectivity index (χ4n) is 14.3. The molecule has 0 saturated carbocycles. The van der Waals surface area contributed by atoms with Crippen LogP contribution in [0.25, 0.3) is 0 Å². The van der Waals surface area contributed by atoms with Gasteiger partial charge in [0.25, 0.3) is 0 Å². The molecule has 6 aliphatic heterocycles. The molecule has 0 amide bonds. The fraction of sp³-hybridized carbons (Fsp3) is 0.829. The fourth-order valence-corrected chi connectivity index (χ4v) is 26.7. The van der Waals surface area contributed by atoms with E-state index in [4.69, 9.17) is 0 Å². The monoisotopic (exact) mass is 2280 g/mol. The smallest absolute Gasteiger partial charge is 0.748 e. The summed E-state index contributed by atoms with van der Waals surface area (Å²) in [5, 5.41) is -19.4. The summed E-state index contributed by atoms with van der Waals surface area (Å²) in [5.41, 5.74) is 0. The third-order valence-electron chi connectivity index (χ3n) is 21.6. The second-order valence-electron chi connectivity index (χ2n) is 32.4. The zero-order chi connectivity index (χ0) is 105. The Morgan fingerprint density at radius 2 is 0.561 bits per heavy atom. The van der Waals surface area contributed by atoms with Crippen molar-refractivity contribution in [3.63, 3.8) is 0 Å².